The van der Waals surface area contributed by atoms with Gasteiger partial charge in [-0.3, -0.25) is 9.59 Å². The van der Waals surface area contributed by atoms with Crippen molar-refractivity contribution in [2.45, 2.75) is 26.2 Å². The largest absolute Gasteiger partial charge is 0.356 e. The first-order chi connectivity index (χ1) is 7.72. The summed E-state index contributed by atoms with van der Waals surface area (Å²) in [7, 11) is 0. The lowest BCUT2D eigenvalue weighted by Crippen LogP contribution is -2.36. The van der Waals surface area contributed by atoms with E-state index < -0.39 is 0 Å². The Morgan fingerprint density at radius 1 is 1.19 bits per heavy atom. The number of amides is 2. The molecule has 0 heterocycles. The highest BCUT2D eigenvalue weighted by atomic mass is 16.2. The molecule has 5 heteroatoms. The Kier molecular flexibility index (Phi) is 5.85. The molecule has 16 heavy (non-hydrogen) atoms. The summed E-state index contributed by atoms with van der Waals surface area (Å²) in [5.74, 6) is 0.724. The molecule has 1 aliphatic carbocycles. The molecule has 3 N–H and O–H groups in total. The van der Waals surface area contributed by atoms with Crippen molar-refractivity contribution < 1.29 is 9.59 Å². The zero-order valence-corrected chi connectivity index (χ0v) is 9.84. The fourth-order valence-corrected chi connectivity index (χ4v) is 1.38. The number of hydrogen-bond donors (Lipinski definition) is 3. The molecule has 0 aromatic carbocycles. The average Bonchev–Trinajstić information content (AvgIpc) is 3.02. The second-order valence-electron chi connectivity index (χ2n) is 4.13. The van der Waals surface area contributed by atoms with Crippen LogP contribution in [0, 0.1) is 5.92 Å². The summed E-state index contributed by atoms with van der Waals surface area (Å²) in [4.78, 5) is 22.3. The van der Waals surface area contributed by atoms with Gasteiger partial charge in [0, 0.05) is 19.5 Å². The highest BCUT2D eigenvalue weighted by Gasteiger charge is 2.20. The molecule has 5 nitrogen and oxygen atoms in total. The van der Waals surface area contributed by atoms with Gasteiger partial charge in [0.25, 0.3) is 0 Å². The van der Waals surface area contributed by atoms with Crippen LogP contribution in [0.4, 0.5) is 0 Å². The van der Waals surface area contributed by atoms with Crippen LogP contribution in [0.3, 0.4) is 0 Å². The maximum absolute atomic E-state index is 11.3. The minimum Gasteiger partial charge on any atom is -0.356 e. The van der Waals surface area contributed by atoms with Gasteiger partial charge in [0.15, 0.2) is 0 Å². The van der Waals surface area contributed by atoms with Gasteiger partial charge in [0.05, 0.1) is 6.54 Å². The van der Waals surface area contributed by atoms with Gasteiger partial charge in [0.2, 0.25) is 11.8 Å². The van der Waals surface area contributed by atoms with Crippen molar-refractivity contribution in [1.82, 2.24) is 16.0 Å². The van der Waals surface area contributed by atoms with Crippen molar-refractivity contribution in [2.24, 2.45) is 5.92 Å². The molecule has 0 aliphatic heterocycles. The Hall–Kier alpha value is -1.10. The SMILES string of the molecule is CCNC(=O)CCNC(=O)CNCC1CC1. The monoisotopic (exact) mass is 227 g/mol. The van der Waals surface area contributed by atoms with Crippen molar-refractivity contribution in [2.75, 3.05) is 26.2 Å². The molecule has 0 bridgehead atoms. The molecule has 0 saturated heterocycles. The zero-order chi connectivity index (χ0) is 11.8. The van der Waals surface area contributed by atoms with Crippen LogP contribution in [0.5, 0.6) is 0 Å². The maximum Gasteiger partial charge on any atom is 0.233 e. The van der Waals surface area contributed by atoms with Crippen molar-refractivity contribution in [3.8, 4) is 0 Å². The third-order valence-corrected chi connectivity index (χ3v) is 2.46. The van der Waals surface area contributed by atoms with Crippen LogP contribution in [-0.2, 0) is 9.59 Å². The Bertz CT molecular complexity index is 239. The molecule has 1 rings (SSSR count). The lowest BCUT2D eigenvalue weighted by Gasteiger charge is -2.06. The zero-order valence-electron chi connectivity index (χ0n) is 9.84. The topological polar surface area (TPSA) is 70.2 Å². The molecule has 0 aromatic heterocycles. The number of carbonyl (C=O) groups is 2. The van der Waals surface area contributed by atoms with Crippen molar-refractivity contribution in [3.05, 3.63) is 0 Å². The lowest BCUT2D eigenvalue weighted by atomic mass is 10.4. The molecular formula is C11H21N3O2. The molecule has 0 radical (unpaired) electrons. The minimum atomic E-state index is -0.0371. The van der Waals surface area contributed by atoms with E-state index in [4.69, 9.17) is 0 Å². The number of hydrogen-bond acceptors (Lipinski definition) is 3. The molecule has 1 aliphatic rings. The van der Waals surface area contributed by atoms with Crippen LogP contribution in [0.1, 0.15) is 26.2 Å². The van der Waals surface area contributed by atoms with E-state index in [1.54, 1.807) is 0 Å². The molecule has 0 atom stereocenters. The highest BCUT2D eigenvalue weighted by molar-refractivity contribution is 5.80. The summed E-state index contributed by atoms with van der Waals surface area (Å²) >= 11 is 0. The number of carbonyl (C=O) groups excluding carboxylic acids is 2. The van der Waals surface area contributed by atoms with E-state index in [1.165, 1.54) is 12.8 Å². The predicted molar refractivity (Wildman–Crippen MR) is 61.9 cm³/mol. The second kappa shape index (κ2) is 7.22. The third kappa shape index (κ3) is 6.40. The molecular weight excluding hydrogens is 206 g/mol. The van der Waals surface area contributed by atoms with Crippen molar-refractivity contribution in [3.63, 3.8) is 0 Å². The lowest BCUT2D eigenvalue weighted by molar-refractivity contribution is -0.121. The Morgan fingerprint density at radius 2 is 1.94 bits per heavy atom. The van der Waals surface area contributed by atoms with E-state index >= 15 is 0 Å². The van der Waals surface area contributed by atoms with Crippen LogP contribution < -0.4 is 16.0 Å². The summed E-state index contributed by atoms with van der Waals surface area (Å²) < 4.78 is 0. The van der Waals surface area contributed by atoms with Gasteiger partial charge in [-0.2, -0.15) is 0 Å². The van der Waals surface area contributed by atoms with Gasteiger partial charge in [0.1, 0.15) is 0 Å². The van der Waals surface area contributed by atoms with Gasteiger partial charge in [-0.1, -0.05) is 0 Å². The smallest absolute Gasteiger partial charge is 0.233 e. The first-order valence-corrected chi connectivity index (χ1v) is 5.96. The van der Waals surface area contributed by atoms with E-state index in [-0.39, 0.29) is 11.8 Å². The predicted octanol–water partition coefficient (Wildman–Crippen LogP) is -0.372. The Labute approximate surface area is 96.4 Å². The quantitative estimate of drug-likeness (QED) is 0.530. The number of rotatable bonds is 8. The molecule has 2 amide bonds. The van der Waals surface area contributed by atoms with Crippen LogP contribution >= 0.6 is 0 Å². The van der Waals surface area contributed by atoms with Gasteiger partial charge >= 0.3 is 0 Å². The van der Waals surface area contributed by atoms with Crippen molar-refractivity contribution in [1.29, 1.82) is 0 Å². The molecule has 0 aromatic rings. The molecule has 92 valence electrons. The van der Waals surface area contributed by atoms with Crippen LogP contribution in [0.2, 0.25) is 0 Å². The van der Waals surface area contributed by atoms with E-state index in [0.29, 0.717) is 26.1 Å². The summed E-state index contributed by atoms with van der Waals surface area (Å²) in [6.07, 6.45) is 2.92. The van der Waals surface area contributed by atoms with Crippen LogP contribution in [-0.4, -0.2) is 38.0 Å². The minimum absolute atomic E-state index is 0.0197. The standard InChI is InChI=1S/C11H21N3O2/c1-2-13-10(15)5-6-14-11(16)8-12-7-9-3-4-9/h9,12H,2-8H2,1H3,(H,13,15)(H,14,16). The highest BCUT2D eigenvalue weighted by Crippen LogP contribution is 2.27. The molecule has 1 fully saturated rings. The summed E-state index contributed by atoms with van der Waals surface area (Å²) in [6.45, 7) is 4.21. The van der Waals surface area contributed by atoms with Crippen molar-refractivity contribution >= 4 is 11.8 Å². The number of nitrogens with one attached hydrogen (secondary N) is 3. The van der Waals surface area contributed by atoms with Gasteiger partial charge in [-0.25, -0.2) is 0 Å². The first-order valence-electron chi connectivity index (χ1n) is 5.96. The van der Waals surface area contributed by atoms with E-state index in [0.717, 1.165) is 12.5 Å². The van der Waals surface area contributed by atoms with E-state index in [2.05, 4.69) is 16.0 Å². The molecule has 0 unspecified atom stereocenters. The molecule has 1 saturated carbocycles. The Balaban J connectivity index is 1.90. The Morgan fingerprint density at radius 3 is 2.56 bits per heavy atom. The van der Waals surface area contributed by atoms with Crippen LogP contribution in [0.25, 0.3) is 0 Å². The second-order valence-corrected chi connectivity index (χ2v) is 4.13. The fourth-order valence-electron chi connectivity index (χ4n) is 1.38. The van der Waals surface area contributed by atoms with Crippen LogP contribution in [0.15, 0.2) is 0 Å². The average molecular weight is 227 g/mol. The maximum atomic E-state index is 11.3. The summed E-state index contributed by atoms with van der Waals surface area (Å²) in [5, 5.41) is 8.48. The fraction of sp³-hybridized carbons (Fsp3) is 0.818. The van der Waals surface area contributed by atoms with E-state index in [1.807, 2.05) is 6.92 Å². The first kappa shape index (κ1) is 13.0. The summed E-state index contributed by atoms with van der Waals surface area (Å²) in [6, 6.07) is 0. The summed E-state index contributed by atoms with van der Waals surface area (Å²) in [5.41, 5.74) is 0. The van der Waals surface area contributed by atoms with Gasteiger partial charge in [-0.05, 0) is 32.2 Å². The third-order valence-electron chi connectivity index (χ3n) is 2.46. The van der Waals surface area contributed by atoms with E-state index in [9.17, 15) is 9.59 Å². The van der Waals surface area contributed by atoms with Gasteiger partial charge < -0.3 is 16.0 Å². The van der Waals surface area contributed by atoms with Gasteiger partial charge in [-0.15, -0.1) is 0 Å². The molecule has 0 spiro atoms. The normalized spacial score (nSPS) is 14.6.